The first kappa shape index (κ1) is 21.1. The summed E-state index contributed by atoms with van der Waals surface area (Å²) in [6, 6.07) is 14.4. The average Bonchev–Trinajstić information content (AvgIpc) is 3.49. The molecule has 10 heteroatoms. The Morgan fingerprint density at radius 3 is 2.39 bits per heavy atom. The Morgan fingerprint density at radius 2 is 1.71 bits per heavy atom. The van der Waals surface area contributed by atoms with Gasteiger partial charge in [-0.15, -0.1) is 10.2 Å². The van der Waals surface area contributed by atoms with Crippen LogP contribution in [0.1, 0.15) is 23.2 Å². The fourth-order valence-electron chi connectivity index (χ4n) is 2.64. The minimum absolute atomic E-state index is 0.146. The van der Waals surface area contributed by atoms with E-state index in [0.717, 1.165) is 15.2 Å². The van der Waals surface area contributed by atoms with Gasteiger partial charge in [-0.25, -0.2) is 0 Å². The molecule has 31 heavy (non-hydrogen) atoms. The Labute approximate surface area is 187 Å². The van der Waals surface area contributed by atoms with Gasteiger partial charge in [-0.1, -0.05) is 23.1 Å². The zero-order valence-electron chi connectivity index (χ0n) is 16.8. The van der Waals surface area contributed by atoms with E-state index in [-0.39, 0.29) is 17.6 Å². The van der Waals surface area contributed by atoms with Crippen LogP contribution in [0.5, 0.6) is 5.75 Å². The number of carbonyl (C=O) groups is 2. The van der Waals surface area contributed by atoms with E-state index < -0.39 is 0 Å². The van der Waals surface area contributed by atoms with E-state index in [1.807, 2.05) is 0 Å². The van der Waals surface area contributed by atoms with Crippen molar-refractivity contribution in [2.45, 2.75) is 23.2 Å². The smallest absolute Gasteiger partial charge is 0.255 e. The summed E-state index contributed by atoms with van der Waals surface area (Å²) in [6.07, 6.45) is 2.35. The molecule has 0 saturated heterocycles. The van der Waals surface area contributed by atoms with Crippen LogP contribution in [0.25, 0.3) is 0 Å². The third-order valence-corrected chi connectivity index (χ3v) is 6.40. The average molecular weight is 456 g/mol. The molecule has 8 nitrogen and oxygen atoms in total. The molecule has 0 radical (unpaired) electrons. The number of anilines is 3. The summed E-state index contributed by atoms with van der Waals surface area (Å²) in [7, 11) is 1.59. The van der Waals surface area contributed by atoms with E-state index in [9.17, 15) is 9.59 Å². The van der Waals surface area contributed by atoms with Crippen molar-refractivity contribution >= 4 is 51.4 Å². The van der Waals surface area contributed by atoms with Gasteiger partial charge in [-0.05, 0) is 61.4 Å². The summed E-state index contributed by atoms with van der Waals surface area (Å²) < 4.78 is 5.86. The highest BCUT2D eigenvalue weighted by Gasteiger charge is 2.22. The molecule has 4 rings (SSSR count). The topological polar surface area (TPSA) is 105 Å². The van der Waals surface area contributed by atoms with Crippen molar-refractivity contribution in [3.8, 4) is 5.75 Å². The summed E-state index contributed by atoms with van der Waals surface area (Å²) in [4.78, 5) is 24.6. The van der Waals surface area contributed by atoms with Crippen LogP contribution < -0.4 is 20.7 Å². The molecule has 1 aromatic heterocycles. The predicted molar refractivity (Wildman–Crippen MR) is 123 cm³/mol. The van der Waals surface area contributed by atoms with E-state index in [0.29, 0.717) is 23.0 Å². The molecule has 1 saturated carbocycles. The lowest BCUT2D eigenvalue weighted by Gasteiger charge is -2.08. The van der Waals surface area contributed by atoms with Gasteiger partial charge in [-0.2, -0.15) is 0 Å². The van der Waals surface area contributed by atoms with Crippen molar-refractivity contribution < 1.29 is 14.3 Å². The molecule has 0 bridgehead atoms. The van der Waals surface area contributed by atoms with Gasteiger partial charge in [0.05, 0.1) is 12.9 Å². The van der Waals surface area contributed by atoms with Crippen molar-refractivity contribution in [1.82, 2.24) is 10.2 Å². The van der Waals surface area contributed by atoms with E-state index in [4.69, 9.17) is 4.74 Å². The van der Waals surface area contributed by atoms with Gasteiger partial charge < -0.3 is 20.7 Å². The number of methoxy groups -OCH3 is 1. The molecule has 2 amide bonds. The molecular weight excluding hydrogens is 434 g/mol. The number of ether oxygens (including phenoxy) is 1. The van der Waals surface area contributed by atoms with Gasteiger partial charge >= 0.3 is 0 Å². The van der Waals surface area contributed by atoms with Crippen molar-refractivity contribution in [2.75, 3.05) is 28.8 Å². The lowest BCUT2D eigenvalue weighted by atomic mass is 10.2. The molecule has 3 aromatic rings. The van der Waals surface area contributed by atoms with Gasteiger partial charge in [-0.3, -0.25) is 9.59 Å². The first-order valence-corrected chi connectivity index (χ1v) is 11.5. The monoisotopic (exact) mass is 455 g/mol. The maximum absolute atomic E-state index is 12.4. The Balaban J connectivity index is 1.24. The number of thioether (sulfide) groups is 1. The summed E-state index contributed by atoms with van der Waals surface area (Å²) in [5.74, 6) is 0.577. The fraction of sp³-hybridized carbons (Fsp3) is 0.238. The van der Waals surface area contributed by atoms with Crippen LogP contribution in [0.15, 0.2) is 52.9 Å². The van der Waals surface area contributed by atoms with Gasteiger partial charge in [0.25, 0.3) is 5.91 Å². The lowest BCUT2D eigenvalue weighted by Crippen LogP contribution is -2.15. The summed E-state index contributed by atoms with van der Waals surface area (Å²) in [6.45, 7) is 0. The Bertz CT molecular complexity index is 1050. The molecule has 1 aliphatic carbocycles. The normalized spacial score (nSPS) is 12.8. The van der Waals surface area contributed by atoms with Gasteiger partial charge in [0.1, 0.15) is 5.75 Å². The molecule has 1 fully saturated rings. The predicted octanol–water partition coefficient (Wildman–Crippen LogP) is 4.10. The van der Waals surface area contributed by atoms with Gasteiger partial charge in [0, 0.05) is 23.0 Å². The number of amides is 2. The second-order valence-electron chi connectivity index (χ2n) is 6.89. The van der Waals surface area contributed by atoms with E-state index in [1.165, 1.54) is 35.9 Å². The molecular formula is C21H21N5O3S2. The van der Waals surface area contributed by atoms with E-state index in [2.05, 4.69) is 26.1 Å². The third-order valence-electron chi connectivity index (χ3n) is 4.42. The van der Waals surface area contributed by atoms with Crippen molar-refractivity contribution in [2.24, 2.45) is 0 Å². The van der Waals surface area contributed by atoms with Crippen molar-refractivity contribution in [1.29, 1.82) is 0 Å². The molecule has 0 atom stereocenters. The number of aromatic nitrogens is 2. The highest BCUT2D eigenvalue weighted by molar-refractivity contribution is 8.01. The number of benzene rings is 2. The molecule has 2 aromatic carbocycles. The van der Waals surface area contributed by atoms with Crippen LogP contribution in [-0.4, -0.2) is 40.9 Å². The standard InChI is InChI=1S/C21H21N5O3S2/c1-29-17-10-8-15(9-11-17)23-19(28)13-2-4-14(5-3-13)22-18(27)12-30-21-26-25-20(31-21)24-16-6-7-16/h2-5,8-11,16H,6-7,12H2,1H3,(H,22,27)(H,23,28)(H,24,25). The number of rotatable bonds is 9. The van der Waals surface area contributed by atoms with Crippen molar-refractivity contribution in [3.05, 3.63) is 54.1 Å². The number of hydrogen-bond donors (Lipinski definition) is 3. The molecule has 0 spiro atoms. The third kappa shape index (κ3) is 6.19. The molecule has 160 valence electrons. The quantitative estimate of drug-likeness (QED) is 0.417. The Kier molecular flexibility index (Phi) is 6.68. The van der Waals surface area contributed by atoms with Crippen LogP contribution in [0.2, 0.25) is 0 Å². The van der Waals surface area contributed by atoms with Crippen LogP contribution in [-0.2, 0) is 4.79 Å². The van der Waals surface area contributed by atoms with Crippen LogP contribution >= 0.6 is 23.1 Å². The fourth-order valence-corrected chi connectivity index (χ4v) is 4.26. The number of carbonyl (C=O) groups excluding carboxylic acids is 2. The summed E-state index contributed by atoms with van der Waals surface area (Å²) in [5, 5.41) is 17.9. The maximum atomic E-state index is 12.4. The molecule has 1 aliphatic rings. The van der Waals surface area contributed by atoms with E-state index in [1.54, 1.807) is 55.6 Å². The Hall–Kier alpha value is -3.11. The molecule has 3 N–H and O–H groups in total. The minimum Gasteiger partial charge on any atom is -0.497 e. The zero-order chi connectivity index (χ0) is 21.6. The Morgan fingerprint density at radius 1 is 1.03 bits per heavy atom. The van der Waals surface area contributed by atoms with Crippen LogP contribution in [0.3, 0.4) is 0 Å². The minimum atomic E-state index is -0.231. The molecule has 0 aliphatic heterocycles. The second kappa shape index (κ2) is 9.80. The lowest BCUT2D eigenvalue weighted by molar-refractivity contribution is -0.113. The number of nitrogens with one attached hydrogen (secondary N) is 3. The van der Waals surface area contributed by atoms with Crippen LogP contribution in [0.4, 0.5) is 16.5 Å². The van der Waals surface area contributed by atoms with Gasteiger partial charge in [0.15, 0.2) is 4.34 Å². The summed E-state index contributed by atoms with van der Waals surface area (Å²) >= 11 is 2.80. The second-order valence-corrected chi connectivity index (χ2v) is 9.09. The number of nitrogens with zero attached hydrogens (tertiary/aromatic N) is 2. The van der Waals surface area contributed by atoms with Gasteiger partial charge in [0.2, 0.25) is 11.0 Å². The highest BCUT2D eigenvalue weighted by Crippen LogP contribution is 2.30. The first-order chi connectivity index (χ1) is 15.1. The highest BCUT2D eigenvalue weighted by atomic mass is 32.2. The zero-order valence-corrected chi connectivity index (χ0v) is 18.4. The van der Waals surface area contributed by atoms with E-state index >= 15 is 0 Å². The maximum Gasteiger partial charge on any atom is 0.255 e. The molecule has 1 heterocycles. The van der Waals surface area contributed by atoms with Crippen molar-refractivity contribution in [3.63, 3.8) is 0 Å². The SMILES string of the molecule is COc1ccc(NC(=O)c2ccc(NC(=O)CSc3nnc(NC4CC4)s3)cc2)cc1. The molecule has 0 unspecified atom stereocenters. The summed E-state index contributed by atoms with van der Waals surface area (Å²) in [5.41, 5.74) is 1.79. The number of hydrogen-bond acceptors (Lipinski definition) is 8. The largest absolute Gasteiger partial charge is 0.497 e. The van der Waals surface area contributed by atoms with Crippen LogP contribution in [0, 0.1) is 0 Å². The first-order valence-electron chi connectivity index (χ1n) is 9.67.